The fourth-order valence-electron chi connectivity index (χ4n) is 2.77. The molecule has 0 saturated carbocycles. The Morgan fingerprint density at radius 2 is 1.82 bits per heavy atom. The summed E-state index contributed by atoms with van der Waals surface area (Å²) in [5, 5.41) is 6.42. The quantitative estimate of drug-likeness (QED) is 0.191. The van der Waals surface area contributed by atoms with Gasteiger partial charge in [0.15, 0.2) is 5.96 Å². The molecular formula is C18H32IN5O3S. The van der Waals surface area contributed by atoms with Gasteiger partial charge < -0.3 is 15.4 Å². The number of morpholine rings is 1. The molecule has 0 unspecified atom stereocenters. The summed E-state index contributed by atoms with van der Waals surface area (Å²) in [6.07, 6.45) is 0. The van der Waals surface area contributed by atoms with E-state index in [1.54, 1.807) is 14.0 Å². The summed E-state index contributed by atoms with van der Waals surface area (Å²) in [5.74, 6) is 0.728. The Labute approximate surface area is 185 Å². The summed E-state index contributed by atoms with van der Waals surface area (Å²) >= 11 is 0. The van der Waals surface area contributed by atoms with Crippen LogP contribution in [0.5, 0.6) is 0 Å². The number of ether oxygens (including phenoxy) is 1. The summed E-state index contributed by atoms with van der Waals surface area (Å²) in [4.78, 5) is 6.59. The van der Waals surface area contributed by atoms with Crippen LogP contribution in [-0.2, 0) is 27.8 Å². The van der Waals surface area contributed by atoms with E-state index in [2.05, 4.69) is 43.4 Å². The summed E-state index contributed by atoms with van der Waals surface area (Å²) in [6, 6.07) is 8.37. The molecule has 0 spiro atoms. The van der Waals surface area contributed by atoms with Crippen LogP contribution in [0, 0.1) is 0 Å². The second kappa shape index (κ2) is 13.3. The number of sulfonamides is 1. The van der Waals surface area contributed by atoms with Crippen molar-refractivity contribution in [2.75, 3.05) is 52.2 Å². The molecule has 1 aliphatic rings. The first-order valence-electron chi connectivity index (χ1n) is 9.33. The second-order valence-electron chi connectivity index (χ2n) is 6.31. The zero-order valence-electron chi connectivity index (χ0n) is 16.6. The zero-order chi connectivity index (χ0) is 19.5. The minimum absolute atomic E-state index is 0. The molecule has 0 amide bonds. The molecule has 10 heteroatoms. The van der Waals surface area contributed by atoms with Crippen molar-refractivity contribution in [3.63, 3.8) is 0 Å². The van der Waals surface area contributed by atoms with E-state index in [1.807, 2.05) is 6.07 Å². The number of halogens is 1. The van der Waals surface area contributed by atoms with Crippen molar-refractivity contribution < 1.29 is 13.2 Å². The molecule has 1 aromatic carbocycles. The summed E-state index contributed by atoms with van der Waals surface area (Å²) in [6.45, 7) is 7.46. The molecule has 1 aromatic rings. The third-order valence-corrected chi connectivity index (χ3v) is 5.81. The molecule has 1 fully saturated rings. The maximum absolute atomic E-state index is 11.4. The van der Waals surface area contributed by atoms with E-state index in [0.717, 1.165) is 32.8 Å². The van der Waals surface area contributed by atoms with Gasteiger partial charge in [0, 0.05) is 46.3 Å². The molecule has 0 aromatic heterocycles. The van der Waals surface area contributed by atoms with Gasteiger partial charge in [0.2, 0.25) is 10.0 Å². The minimum Gasteiger partial charge on any atom is -0.379 e. The van der Waals surface area contributed by atoms with Gasteiger partial charge in [-0.15, -0.1) is 24.0 Å². The standard InChI is InChI=1S/C18H31N5O3S.HI/c1-3-27(24,25)22-9-8-20-18(19-2)21-14-16-6-4-5-7-17(16)15-23-10-12-26-13-11-23;/h4-7,22H,3,8-15H2,1-2H3,(H2,19,20,21);1H. The van der Waals surface area contributed by atoms with Gasteiger partial charge in [0.25, 0.3) is 0 Å². The smallest absolute Gasteiger partial charge is 0.211 e. The van der Waals surface area contributed by atoms with Crippen LogP contribution < -0.4 is 15.4 Å². The van der Waals surface area contributed by atoms with Crippen LogP contribution in [0.25, 0.3) is 0 Å². The zero-order valence-corrected chi connectivity index (χ0v) is 19.8. The SMILES string of the molecule is CCS(=O)(=O)NCCNC(=NC)NCc1ccccc1CN1CCOCC1.I. The molecule has 0 aliphatic carbocycles. The Kier molecular flexibility index (Phi) is 11.9. The van der Waals surface area contributed by atoms with Gasteiger partial charge in [-0.2, -0.15) is 0 Å². The number of guanidine groups is 1. The van der Waals surface area contributed by atoms with Gasteiger partial charge in [0.1, 0.15) is 0 Å². The molecule has 1 aliphatic heterocycles. The van der Waals surface area contributed by atoms with Crippen molar-refractivity contribution in [1.82, 2.24) is 20.3 Å². The van der Waals surface area contributed by atoms with E-state index in [1.165, 1.54) is 11.1 Å². The second-order valence-corrected chi connectivity index (χ2v) is 8.40. The lowest BCUT2D eigenvalue weighted by molar-refractivity contribution is 0.0341. The molecule has 2 rings (SSSR count). The van der Waals surface area contributed by atoms with Gasteiger partial charge in [0.05, 0.1) is 19.0 Å². The summed E-state index contributed by atoms with van der Waals surface area (Å²) in [7, 11) is -1.46. The van der Waals surface area contributed by atoms with Gasteiger partial charge in [-0.1, -0.05) is 24.3 Å². The maximum Gasteiger partial charge on any atom is 0.211 e. The Morgan fingerprint density at radius 3 is 2.46 bits per heavy atom. The third kappa shape index (κ3) is 9.03. The summed E-state index contributed by atoms with van der Waals surface area (Å²) in [5.41, 5.74) is 2.51. The number of nitrogens with zero attached hydrogens (tertiary/aromatic N) is 2. The van der Waals surface area contributed by atoms with Crippen LogP contribution in [0.15, 0.2) is 29.3 Å². The molecule has 8 nitrogen and oxygen atoms in total. The predicted molar refractivity (Wildman–Crippen MR) is 124 cm³/mol. The highest BCUT2D eigenvalue weighted by atomic mass is 127. The monoisotopic (exact) mass is 525 g/mol. The van der Waals surface area contributed by atoms with Crippen LogP contribution in [-0.4, -0.2) is 71.5 Å². The molecule has 28 heavy (non-hydrogen) atoms. The van der Waals surface area contributed by atoms with Crippen LogP contribution in [0.1, 0.15) is 18.1 Å². The van der Waals surface area contributed by atoms with E-state index >= 15 is 0 Å². The van der Waals surface area contributed by atoms with Crippen molar-refractivity contribution in [2.45, 2.75) is 20.0 Å². The first-order valence-corrected chi connectivity index (χ1v) is 11.0. The largest absolute Gasteiger partial charge is 0.379 e. The van der Waals surface area contributed by atoms with Crippen LogP contribution in [0.4, 0.5) is 0 Å². The van der Waals surface area contributed by atoms with Crippen molar-refractivity contribution >= 4 is 40.0 Å². The van der Waals surface area contributed by atoms with E-state index in [9.17, 15) is 8.42 Å². The Hall–Kier alpha value is -0.950. The highest BCUT2D eigenvalue weighted by Crippen LogP contribution is 2.12. The van der Waals surface area contributed by atoms with Gasteiger partial charge in [-0.3, -0.25) is 9.89 Å². The Balaban J connectivity index is 0.00000392. The van der Waals surface area contributed by atoms with Gasteiger partial charge in [-0.25, -0.2) is 13.1 Å². The molecule has 3 N–H and O–H groups in total. The van der Waals surface area contributed by atoms with Crippen molar-refractivity contribution in [3.8, 4) is 0 Å². The van der Waals surface area contributed by atoms with E-state index in [0.29, 0.717) is 25.6 Å². The topological polar surface area (TPSA) is 95.1 Å². The molecular weight excluding hydrogens is 493 g/mol. The van der Waals surface area contributed by atoms with Crippen molar-refractivity contribution in [3.05, 3.63) is 35.4 Å². The first-order chi connectivity index (χ1) is 13.0. The van der Waals surface area contributed by atoms with Crippen LogP contribution >= 0.6 is 24.0 Å². The van der Waals surface area contributed by atoms with E-state index in [-0.39, 0.29) is 29.7 Å². The fourth-order valence-corrected chi connectivity index (χ4v) is 3.39. The normalized spacial score (nSPS) is 15.7. The highest BCUT2D eigenvalue weighted by Gasteiger charge is 2.13. The fraction of sp³-hybridized carbons (Fsp3) is 0.611. The minimum atomic E-state index is -3.16. The number of aliphatic imine (C=N–C) groups is 1. The maximum atomic E-state index is 11.4. The average molecular weight is 525 g/mol. The van der Waals surface area contributed by atoms with Crippen LogP contribution in [0.3, 0.4) is 0 Å². The number of hydrogen-bond donors (Lipinski definition) is 3. The van der Waals surface area contributed by atoms with E-state index < -0.39 is 10.0 Å². The molecule has 0 bridgehead atoms. The number of nitrogens with one attached hydrogen (secondary N) is 3. The number of rotatable bonds is 9. The predicted octanol–water partition coefficient (Wildman–Crippen LogP) is 0.741. The Morgan fingerprint density at radius 1 is 1.14 bits per heavy atom. The average Bonchev–Trinajstić information content (AvgIpc) is 2.69. The lowest BCUT2D eigenvalue weighted by atomic mass is 10.1. The highest BCUT2D eigenvalue weighted by molar-refractivity contribution is 14.0. The number of benzene rings is 1. The first kappa shape index (κ1) is 25.1. The summed E-state index contributed by atoms with van der Waals surface area (Å²) < 4.78 is 30.8. The van der Waals surface area contributed by atoms with Crippen LogP contribution in [0.2, 0.25) is 0 Å². The van der Waals surface area contributed by atoms with Gasteiger partial charge in [-0.05, 0) is 18.1 Å². The van der Waals surface area contributed by atoms with Crippen molar-refractivity contribution in [2.24, 2.45) is 4.99 Å². The Bertz CT molecular complexity index is 709. The molecule has 0 atom stereocenters. The molecule has 160 valence electrons. The molecule has 1 saturated heterocycles. The van der Waals surface area contributed by atoms with E-state index in [4.69, 9.17) is 4.74 Å². The van der Waals surface area contributed by atoms with Crippen molar-refractivity contribution in [1.29, 1.82) is 0 Å². The third-order valence-electron chi connectivity index (χ3n) is 4.41. The molecule has 0 radical (unpaired) electrons. The lowest BCUT2D eigenvalue weighted by Gasteiger charge is -2.27. The van der Waals surface area contributed by atoms with Gasteiger partial charge >= 0.3 is 0 Å². The lowest BCUT2D eigenvalue weighted by Crippen LogP contribution is -2.41. The molecule has 1 heterocycles. The number of hydrogen-bond acceptors (Lipinski definition) is 5.